The molecule has 130 valence electrons. The Labute approximate surface area is 141 Å². The Morgan fingerprint density at radius 2 is 1.83 bits per heavy atom. The van der Waals surface area contributed by atoms with Crippen molar-refractivity contribution in [3.8, 4) is 6.07 Å². The van der Waals surface area contributed by atoms with Crippen LogP contribution in [0.4, 0.5) is 0 Å². The van der Waals surface area contributed by atoms with E-state index >= 15 is 0 Å². The Hall–Kier alpha value is -1.08. The molecule has 1 N–H and O–H groups in total. The summed E-state index contributed by atoms with van der Waals surface area (Å²) in [7, 11) is 0. The molecule has 1 saturated heterocycles. The number of likely N-dealkylation sites (tertiary alicyclic amines) is 1. The molecule has 2 rings (SSSR count). The highest BCUT2D eigenvalue weighted by molar-refractivity contribution is 5.82. The third-order valence-corrected chi connectivity index (χ3v) is 5.96. The molecule has 0 bridgehead atoms. The van der Waals surface area contributed by atoms with Crippen molar-refractivity contribution in [3.05, 3.63) is 0 Å². The van der Waals surface area contributed by atoms with E-state index in [-0.39, 0.29) is 11.9 Å². The largest absolute Gasteiger partial charge is 0.336 e. The zero-order valence-electron chi connectivity index (χ0n) is 15.1. The molecule has 0 aromatic carbocycles. The topological polar surface area (TPSA) is 56.1 Å². The Morgan fingerprint density at radius 3 is 2.43 bits per heavy atom. The summed E-state index contributed by atoms with van der Waals surface area (Å²) in [6, 6.07) is 2.26. The first kappa shape index (κ1) is 18.3. The molecule has 1 heterocycles. The first-order valence-electron chi connectivity index (χ1n) is 9.45. The Morgan fingerprint density at radius 1 is 1.13 bits per heavy atom. The van der Waals surface area contributed by atoms with Crippen molar-refractivity contribution in [2.75, 3.05) is 13.1 Å². The van der Waals surface area contributed by atoms with Gasteiger partial charge in [-0.05, 0) is 64.0 Å². The quantitative estimate of drug-likeness (QED) is 0.863. The summed E-state index contributed by atoms with van der Waals surface area (Å²) in [6.07, 6.45) is 8.49. The number of nitriles is 1. The predicted molar refractivity (Wildman–Crippen MR) is 92.8 cm³/mol. The van der Waals surface area contributed by atoms with E-state index < -0.39 is 5.54 Å². The zero-order valence-corrected chi connectivity index (χ0v) is 15.1. The molecule has 4 nitrogen and oxygen atoms in total. The molecule has 0 aromatic heterocycles. The van der Waals surface area contributed by atoms with Crippen molar-refractivity contribution in [1.82, 2.24) is 10.2 Å². The predicted octanol–water partition coefficient (Wildman–Crippen LogP) is 3.48. The first-order chi connectivity index (χ1) is 11.0. The van der Waals surface area contributed by atoms with E-state index in [9.17, 15) is 10.1 Å². The Kier molecular flexibility index (Phi) is 6.47. The molecule has 1 aliphatic carbocycles. The average Bonchev–Trinajstić information content (AvgIpc) is 2.81. The second-order valence-corrected chi connectivity index (χ2v) is 7.89. The number of carbonyl (C=O) groups is 1. The van der Waals surface area contributed by atoms with Crippen molar-refractivity contribution in [3.63, 3.8) is 0 Å². The van der Waals surface area contributed by atoms with Crippen molar-refractivity contribution in [1.29, 1.82) is 5.26 Å². The van der Waals surface area contributed by atoms with Gasteiger partial charge in [-0.2, -0.15) is 5.26 Å². The van der Waals surface area contributed by atoms with Crippen molar-refractivity contribution < 1.29 is 4.79 Å². The molecular formula is C19H33N3O. The molecule has 2 aliphatic rings. The van der Waals surface area contributed by atoms with Crippen LogP contribution in [0.5, 0.6) is 0 Å². The molecule has 0 spiro atoms. The van der Waals surface area contributed by atoms with Gasteiger partial charge in [-0.3, -0.25) is 9.69 Å². The lowest BCUT2D eigenvalue weighted by Crippen LogP contribution is -2.55. The number of rotatable bonds is 4. The summed E-state index contributed by atoms with van der Waals surface area (Å²) in [5.41, 5.74) is -0.615. The number of hydrogen-bond donors (Lipinski definition) is 1. The van der Waals surface area contributed by atoms with Gasteiger partial charge in [0.15, 0.2) is 0 Å². The van der Waals surface area contributed by atoms with E-state index in [4.69, 9.17) is 0 Å². The van der Waals surface area contributed by atoms with Gasteiger partial charge >= 0.3 is 0 Å². The van der Waals surface area contributed by atoms with Gasteiger partial charge < -0.3 is 5.32 Å². The van der Waals surface area contributed by atoms with Crippen LogP contribution in [-0.4, -0.2) is 35.5 Å². The molecule has 4 heteroatoms. The fraction of sp³-hybridized carbons (Fsp3) is 0.895. The van der Waals surface area contributed by atoms with Crippen LogP contribution in [0.3, 0.4) is 0 Å². The summed E-state index contributed by atoms with van der Waals surface area (Å²) in [5, 5.41) is 12.6. The van der Waals surface area contributed by atoms with Crippen LogP contribution in [0.2, 0.25) is 0 Å². The third-order valence-electron chi connectivity index (χ3n) is 5.96. The van der Waals surface area contributed by atoms with Crippen LogP contribution < -0.4 is 5.32 Å². The van der Waals surface area contributed by atoms with E-state index in [1.165, 1.54) is 25.7 Å². The number of hydrogen-bond acceptors (Lipinski definition) is 3. The fourth-order valence-corrected chi connectivity index (χ4v) is 4.12. The molecule has 2 atom stereocenters. The fourth-order valence-electron chi connectivity index (χ4n) is 4.12. The number of nitrogens with zero attached hydrogens (tertiary/aromatic N) is 2. The lowest BCUT2D eigenvalue weighted by molar-refractivity contribution is -0.127. The lowest BCUT2D eigenvalue weighted by Gasteiger charge is -2.34. The van der Waals surface area contributed by atoms with Crippen molar-refractivity contribution in [2.24, 2.45) is 11.8 Å². The van der Waals surface area contributed by atoms with Gasteiger partial charge in [-0.25, -0.2) is 0 Å². The Bertz CT molecular complexity index is 434. The van der Waals surface area contributed by atoms with Crippen LogP contribution in [0, 0.1) is 23.2 Å². The molecule has 0 radical (unpaired) electrons. The number of amides is 1. The van der Waals surface area contributed by atoms with E-state index in [0.29, 0.717) is 0 Å². The molecule has 23 heavy (non-hydrogen) atoms. The highest BCUT2D eigenvalue weighted by atomic mass is 16.2. The smallest absolute Gasteiger partial charge is 0.238 e. The van der Waals surface area contributed by atoms with Crippen LogP contribution >= 0.6 is 0 Å². The van der Waals surface area contributed by atoms with Gasteiger partial charge in [-0.1, -0.05) is 33.1 Å². The second kappa shape index (κ2) is 8.15. The number of carbonyl (C=O) groups excluding carboxylic acids is 1. The minimum Gasteiger partial charge on any atom is -0.336 e. The van der Waals surface area contributed by atoms with Crippen LogP contribution in [0.25, 0.3) is 0 Å². The van der Waals surface area contributed by atoms with E-state index in [1.54, 1.807) is 0 Å². The highest BCUT2D eigenvalue weighted by Gasteiger charge is 2.36. The maximum absolute atomic E-state index is 12.7. The maximum atomic E-state index is 12.7. The third kappa shape index (κ3) is 4.70. The summed E-state index contributed by atoms with van der Waals surface area (Å²) >= 11 is 0. The highest BCUT2D eigenvalue weighted by Crippen LogP contribution is 2.28. The van der Waals surface area contributed by atoms with Crippen LogP contribution in [0.1, 0.15) is 72.1 Å². The van der Waals surface area contributed by atoms with Gasteiger partial charge in [0.05, 0.1) is 12.1 Å². The summed E-state index contributed by atoms with van der Waals surface area (Å²) in [4.78, 5) is 15.0. The zero-order chi connectivity index (χ0) is 16.9. The maximum Gasteiger partial charge on any atom is 0.238 e. The molecule has 1 aliphatic heterocycles. The van der Waals surface area contributed by atoms with Gasteiger partial charge in [0, 0.05) is 0 Å². The van der Waals surface area contributed by atoms with Crippen molar-refractivity contribution >= 4 is 5.91 Å². The van der Waals surface area contributed by atoms with Gasteiger partial charge in [0.2, 0.25) is 5.91 Å². The molecule has 0 aromatic rings. The van der Waals surface area contributed by atoms with E-state index in [1.807, 2.05) is 6.92 Å². The van der Waals surface area contributed by atoms with E-state index in [0.717, 1.165) is 50.6 Å². The van der Waals surface area contributed by atoms with Crippen molar-refractivity contribution in [2.45, 2.75) is 83.7 Å². The molecule has 1 amide bonds. The van der Waals surface area contributed by atoms with Crippen LogP contribution in [-0.2, 0) is 4.79 Å². The summed E-state index contributed by atoms with van der Waals surface area (Å²) in [5.74, 6) is 1.54. The van der Waals surface area contributed by atoms with E-state index in [2.05, 4.69) is 30.1 Å². The minimum atomic E-state index is -0.615. The Balaban J connectivity index is 1.92. The molecule has 1 saturated carbocycles. The molecular weight excluding hydrogens is 286 g/mol. The molecule has 2 unspecified atom stereocenters. The summed E-state index contributed by atoms with van der Waals surface area (Å²) in [6.45, 7) is 8.60. The monoisotopic (exact) mass is 319 g/mol. The SMILES string of the molecule is CC(C)C1CCCN(C(C)C(=O)NC2(C#N)CCCCC2)CC1. The van der Waals surface area contributed by atoms with Gasteiger partial charge in [-0.15, -0.1) is 0 Å². The average molecular weight is 319 g/mol. The first-order valence-corrected chi connectivity index (χ1v) is 9.45. The normalized spacial score (nSPS) is 27.0. The minimum absolute atomic E-state index is 0.0384. The summed E-state index contributed by atoms with van der Waals surface area (Å²) < 4.78 is 0. The molecule has 2 fully saturated rings. The standard InChI is InChI=1S/C19H33N3O/c1-15(2)17-8-7-12-22(13-9-17)16(3)18(23)21-19(14-20)10-5-4-6-11-19/h15-17H,4-13H2,1-3H3,(H,21,23). The number of nitrogens with one attached hydrogen (secondary N) is 1. The van der Waals surface area contributed by atoms with Gasteiger partial charge in [0.25, 0.3) is 0 Å². The van der Waals surface area contributed by atoms with Crippen LogP contribution in [0.15, 0.2) is 0 Å². The van der Waals surface area contributed by atoms with Gasteiger partial charge in [0.1, 0.15) is 5.54 Å². The second-order valence-electron chi connectivity index (χ2n) is 7.89. The lowest BCUT2D eigenvalue weighted by atomic mass is 9.82.